The molecule has 0 spiro atoms. The van der Waals surface area contributed by atoms with Gasteiger partial charge < -0.3 is 15.3 Å². The number of carbonyl (C=O) groups is 2. The number of carboxylic acid groups (broad SMARTS) is 2. The van der Waals surface area contributed by atoms with Crippen LogP contribution in [0.1, 0.15) is 25.7 Å². The average molecular weight is 314 g/mol. The number of thioether (sulfide) groups is 1. The molecule has 0 unspecified atom stereocenters. The first-order valence-electron chi connectivity index (χ1n) is 6.61. The predicted molar refractivity (Wildman–Crippen MR) is 84.5 cm³/mol. The Labute approximate surface area is 129 Å². The molecule has 3 N–H and O–H groups in total. The number of rotatable bonds is 11. The van der Waals surface area contributed by atoms with Crippen LogP contribution in [0.4, 0.5) is 0 Å². The molecule has 0 saturated heterocycles. The van der Waals surface area contributed by atoms with E-state index < -0.39 is 18.0 Å². The topological polar surface area (TPSA) is 94.8 Å². The van der Waals surface area contributed by atoms with Gasteiger partial charge in [-0.3, -0.25) is 9.59 Å². The summed E-state index contributed by atoms with van der Waals surface area (Å²) in [5.41, 5.74) is 0. The van der Waals surface area contributed by atoms with Crippen molar-refractivity contribution in [3.8, 4) is 0 Å². The van der Waals surface area contributed by atoms with Crippen molar-refractivity contribution in [1.82, 2.24) is 0 Å². The third-order valence-corrected chi connectivity index (χ3v) is 3.62. The van der Waals surface area contributed by atoms with E-state index in [0.29, 0.717) is 12.8 Å². The van der Waals surface area contributed by atoms with Crippen LogP contribution in [0.5, 0.6) is 0 Å². The van der Waals surface area contributed by atoms with E-state index in [-0.39, 0.29) is 18.1 Å². The summed E-state index contributed by atoms with van der Waals surface area (Å²) in [5.74, 6) is -1.73. The standard InChI is InChI=1S/C15H22O5S/c1-21-13(12(16)8-7-11-15(19)20)9-5-3-2-4-6-10-14(17)18/h2-6,9,12-13,16H,7-8,10-11H2,1H3,(H,17,18)(H,19,20)/b3-2+,6-4-,9-5+/t12-,13+/m0/s1. The van der Waals surface area contributed by atoms with Crippen LogP contribution in [0.3, 0.4) is 0 Å². The van der Waals surface area contributed by atoms with Crippen LogP contribution in [0.25, 0.3) is 0 Å². The van der Waals surface area contributed by atoms with Crippen molar-refractivity contribution in [2.24, 2.45) is 0 Å². The lowest BCUT2D eigenvalue weighted by Gasteiger charge is -2.17. The van der Waals surface area contributed by atoms with E-state index in [4.69, 9.17) is 10.2 Å². The SMILES string of the molecule is CS[C@H](/C=C/C=C/C=C\CC(=O)O)[C@@H](O)CCCC(=O)O. The maximum absolute atomic E-state index is 10.4. The molecule has 0 amide bonds. The van der Waals surface area contributed by atoms with Gasteiger partial charge in [0, 0.05) is 11.7 Å². The van der Waals surface area contributed by atoms with Gasteiger partial charge in [0.15, 0.2) is 0 Å². The second-order valence-corrected chi connectivity index (χ2v) is 5.37. The Balaban J connectivity index is 4.13. The van der Waals surface area contributed by atoms with Crippen LogP contribution in [0.15, 0.2) is 36.5 Å². The van der Waals surface area contributed by atoms with Gasteiger partial charge in [0.05, 0.1) is 12.5 Å². The van der Waals surface area contributed by atoms with Crippen LogP contribution < -0.4 is 0 Å². The molecule has 118 valence electrons. The highest BCUT2D eigenvalue weighted by molar-refractivity contribution is 7.99. The fraction of sp³-hybridized carbons (Fsp3) is 0.467. The van der Waals surface area contributed by atoms with Crippen LogP contribution in [-0.2, 0) is 9.59 Å². The van der Waals surface area contributed by atoms with Crippen molar-refractivity contribution >= 4 is 23.7 Å². The van der Waals surface area contributed by atoms with Gasteiger partial charge in [0.25, 0.3) is 0 Å². The molecular weight excluding hydrogens is 292 g/mol. The summed E-state index contributed by atoms with van der Waals surface area (Å²) < 4.78 is 0. The molecule has 21 heavy (non-hydrogen) atoms. The molecule has 0 fully saturated rings. The number of carboxylic acids is 2. The summed E-state index contributed by atoms with van der Waals surface area (Å²) in [7, 11) is 0. The zero-order valence-corrected chi connectivity index (χ0v) is 12.8. The second kappa shape index (κ2) is 12.2. The van der Waals surface area contributed by atoms with Gasteiger partial charge in [0.1, 0.15) is 0 Å². The van der Waals surface area contributed by atoms with Crippen molar-refractivity contribution < 1.29 is 24.9 Å². The summed E-state index contributed by atoms with van der Waals surface area (Å²) >= 11 is 1.50. The molecule has 6 heteroatoms. The van der Waals surface area contributed by atoms with E-state index in [1.807, 2.05) is 12.3 Å². The minimum Gasteiger partial charge on any atom is -0.481 e. The quantitative estimate of drug-likeness (QED) is 0.507. The minimum atomic E-state index is -0.873. The first-order valence-corrected chi connectivity index (χ1v) is 7.90. The van der Waals surface area contributed by atoms with E-state index in [1.54, 1.807) is 30.4 Å². The van der Waals surface area contributed by atoms with Gasteiger partial charge >= 0.3 is 11.9 Å². The molecule has 0 rings (SSSR count). The van der Waals surface area contributed by atoms with Gasteiger partial charge in [-0.2, -0.15) is 11.8 Å². The average Bonchev–Trinajstić information content (AvgIpc) is 2.41. The Morgan fingerprint density at radius 3 is 2.33 bits per heavy atom. The van der Waals surface area contributed by atoms with Crippen molar-refractivity contribution in [2.45, 2.75) is 37.0 Å². The fourth-order valence-electron chi connectivity index (χ4n) is 1.54. The zero-order chi connectivity index (χ0) is 16.1. The lowest BCUT2D eigenvalue weighted by Crippen LogP contribution is -2.21. The number of aliphatic hydroxyl groups excluding tert-OH is 1. The fourth-order valence-corrected chi connectivity index (χ4v) is 2.24. The summed E-state index contributed by atoms with van der Waals surface area (Å²) in [6.45, 7) is 0. The monoisotopic (exact) mass is 314 g/mol. The third-order valence-electron chi connectivity index (χ3n) is 2.60. The highest BCUT2D eigenvalue weighted by Crippen LogP contribution is 2.17. The van der Waals surface area contributed by atoms with Crippen LogP contribution in [0.2, 0.25) is 0 Å². The van der Waals surface area contributed by atoms with Crippen LogP contribution in [0, 0.1) is 0 Å². The molecule has 0 aromatic heterocycles. The molecule has 5 nitrogen and oxygen atoms in total. The lowest BCUT2D eigenvalue weighted by molar-refractivity contribution is -0.137. The van der Waals surface area contributed by atoms with Gasteiger partial charge in [-0.1, -0.05) is 36.5 Å². The first-order chi connectivity index (χ1) is 9.97. The molecular formula is C15H22O5S. The summed E-state index contributed by atoms with van der Waals surface area (Å²) in [5, 5.41) is 26.8. The van der Waals surface area contributed by atoms with E-state index in [2.05, 4.69) is 0 Å². The maximum atomic E-state index is 10.4. The Bertz CT molecular complexity index is 401. The number of hydrogen-bond donors (Lipinski definition) is 3. The largest absolute Gasteiger partial charge is 0.481 e. The van der Waals surface area contributed by atoms with E-state index >= 15 is 0 Å². The molecule has 2 atom stereocenters. The predicted octanol–water partition coefficient (Wildman–Crippen LogP) is 2.48. The van der Waals surface area contributed by atoms with Gasteiger partial charge in [0.2, 0.25) is 0 Å². The molecule has 0 aliphatic rings. The molecule has 0 aromatic carbocycles. The van der Waals surface area contributed by atoms with Gasteiger partial charge in [-0.25, -0.2) is 0 Å². The lowest BCUT2D eigenvalue weighted by atomic mass is 10.1. The molecule has 0 radical (unpaired) electrons. The number of aliphatic carboxylic acids is 2. The van der Waals surface area contributed by atoms with E-state index in [9.17, 15) is 14.7 Å². The Kier molecular flexibility index (Phi) is 11.3. The highest BCUT2D eigenvalue weighted by Gasteiger charge is 2.14. The molecule has 0 aliphatic heterocycles. The number of aliphatic hydroxyl groups is 1. The smallest absolute Gasteiger partial charge is 0.307 e. The first kappa shape index (κ1) is 19.5. The number of hydrogen-bond acceptors (Lipinski definition) is 4. The Morgan fingerprint density at radius 2 is 1.76 bits per heavy atom. The maximum Gasteiger partial charge on any atom is 0.307 e. The Hall–Kier alpha value is -1.53. The minimum absolute atomic E-state index is 0.0101. The molecule has 0 aromatic rings. The number of allylic oxidation sites excluding steroid dienone is 4. The Morgan fingerprint density at radius 1 is 1.10 bits per heavy atom. The zero-order valence-electron chi connectivity index (χ0n) is 12.0. The van der Waals surface area contributed by atoms with Crippen molar-refractivity contribution in [1.29, 1.82) is 0 Å². The normalized spacial score (nSPS) is 15.0. The van der Waals surface area contributed by atoms with Crippen LogP contribution in [-0.4, -0.2) is 44.9 Å². The molecule has 0 saturated carbocycles. The molecule has 0 bridgehead atoms. The van der Waals surface area contributed by atoms with Gasteiger partial charge in [-0.05, 0) is 19.1 Å². The second-order valence-electron chi connectivity index (χ2n) is 4.35. The highest BCUT2D eigenvalue weighted by atomic mass is 32.2. The summed E-state index contributed by atoms with van der Waals surface area (Å²) in [6, 6.07) is 0. The van der Waals surface area contributed by atoms with Crippen LogP contribution >= 0.6 is 11.8 Å². The van der Waals surface area contributed by atoms with E-state index in [0.717, 1.165) is 0 Å². The summed E-state index contributed by atoms with van der Waals surface area (Å²) in [4.78, 5) is 20.7. The third kappa shape index (κ3) is 12.0. The van der Waals surface area contributed by atoms with E-state index in [1.165, 1.54) is 11.8 Å². The van der Waals surface area contributed by atoms with Crippen molar-refractivity contribution in [3.63, 3.8) is 0 Å². The van der Waals surface area contributed by atoms with Crippen molar-refractivity contribution in [2.75, 3.05) is 6.26 Å². The molecule has 0 heterocycles. The van der Waals surface area contributed by atoms with Crippen molar-refractivity contribution in [3.05, 3.63) is 36.5 Å². The van der Waals surface area contributed by atoms with Gasteiger partial charge in [-0.15, -0.1) is 0 Å². The molecule has 0 aliphatic carbocycles. The summed E-state index contributed by atoms with van der Waals surface area (Å²) in [6.07, 6.45) is 12.6.